The fourth-order valence-corrected chi connectivity index (χ4v) is 3.65. The average Bonchev–Trinajstić information content (AvgIpc) is 2.98. The monoisotopic (exact) mass is 248 g/mol. The highest BCUT2D eigenvalue weighted by atomic mass is 16.3. The van der Waals surface area contributed by atoms with Crippen molar-refractivity contribution in [2.75, 3.05) is 13.1 Å². The standard InChI is InChI=1S/C15H24N2O/c1-2-16-9-4-5-12(16)11-17-10-8-13-14(17)6-3-7-15(13)18/h8,10,12,15,18H,2-7,9,11H2,1H3. The second-order valence-electron chi connectivity index (χ2n) is 5.70. The number of hydrogen-bond acceptors (Lipinski definition) is 2. The van der Waals surface area contributed by atoms with E-state index >= 15 is 0 Å². The number of likely N-dealkylation sites (tertiary alicyclic amines) is 1. The first-order valence-corrected chi connectivity index (χ1v) is 7.39. The lowest BCUT2D eigenvalue weighted by Crippen LogP contribution is -2.33. The molecule has 0 saturated carbocycles. The molecule has 1 N–H and O–H groups in total. The average molecular weight is 248 g/mol. The number of aliphatic hydroxyl groups excluding tert-OH is 1. The predicted octanol–water partition coefficient (Wildman–Crippen LogP) is 2.34. The van der Waals surface area contributed by atoms with Crippen LogP contribution in [0.25, 0.3) is 0 Å². The summed E-state index contributed by atoms with van der Waals surface area (Å²) < 4.78 is 2.40. The lowest BCUT2D eigenvalue weighted by molar-refractivity contribution is 0.155. The Morgan fingerprint density at radius 3 is 3.06 bits per heavy atom. The van der Waals surface area contributed by atoms with E-state index in [1.165, 1.54) is 30.6 Å². The highest BCUT2D eigenvalue weighted by Crippen LogP contribution is 2.31. The third kappa shape index (κ3) is 2.10. The van der Waals surface area contributed by atoms with Crippen LogP contribution < -0.4 is 0 Å². The van der Waals surface area contributed by atoms with E-state index in [0.29, 0.717) is 6.04 Å². The molecule has 1 aliphatic heterocycles. The van der Waals surface area contributed by atoms with Gasteiger partial charge in [0.1, 0.15) is 0 Å². The summed E-state index contributed by atoms with van der Waals surface area (Å²) in [5.74, 6) is 0. The molecule has 2 unspecified atom stereocenters. The molecule has 0 spiro atoms. The first kappa shape index (κ1) is 12.2. The smallest absolute Gasteiger partial charge is 0.0807 e. The van der Waals surface area contributed by atoms with Crippen LogP contribution in [-0.4, -0.2) is 33.7 Å². The van der Waals surface area contributed by atoms with Gasteiger partial charge in [0, 0.05) is 30.0 Å². The fraction of sp³-hybridized carbons (Fsp3) is 0.733. The van der Waals surface area contributed by atoms with Crippen molar-refractivity contribution in [1.29, 1.82) is 0 Å². The van der Waals surface area contributed by atoms with Gasteiger partial charge in [0.05, 0.1) is 6.10 Å². The van der Waals surface area contributed by atoms with Crippen LogP contribution in [0.1, 0.15) is 50.0 Å². The zero-order chi connectivity index (χ0) is 12.5. The molecule has 3 rings (SSSR count). The van der Waals surface area contributed by atoms with Crippen LogP contribution in [0, 0.1) is 0 Å². The van der Waals surface area contributed by atoms with Crippen molar-refractivity contribution in [3.63, 3.8) is 0 Å². The summed E-state index contributed by atoms with van der Waals surface area (Å²) in [6, 6.07) is 2.83. The summed E-state index contributed by atoms with van der Waals surface area (Å²) in [5.41, 5.74) is 2.57. The first-order chi connectivity index (χ1) is 8.79. The Kier molecular flexibility index (Phi) is 3.44. The minimum Gasteiger partial charge on any atom is -0.388 e. The van der Waals surface area contributed by atoms with Gasteiger partial charge in [0.15, 0.2) is 0 Å². The Bertz CT molecular complexity index is 413. The molecule has 2 heterocycles. The molecule has 0 aromatic carbocycles. The molecule has 3 heteroatoms. The largest absolute Gasteiger partial charge is 0.388 e. The van der Waals surface area contributed by atoms with Crippen molar-refractivity contribution in [2.45, 2.75) is 57.7 Å². The van der Waals surface area contributed by atoms with Gasteiger partial charge in [-0.15, -0.1) is 0 Å². The maximum Gasteiger partial charge on any atom is 0.0807 e. The molecule has 0 amide bonds. The molecule has 1 fully saturated rings. The summed E-state index contributed by atoms with van der Waals surface area (Å²) in [7, 11) is 0. The van der Waals surface area contributed by atoms with Crippen LogP contribution in [0.2, 0.25) is 0 Å². The lowest BCUT2D eigenvalue weighted by atomic mass is 9.95. The molecular formula is C15H24N2O. The SMILES string of the molecule is CCN1CCCC1Cn1ccc2c1CCCC2O. The van der Waals surface area contributed by atoms with E-state index in [2.05, 4.69) is 28.7 Å². The Morgan fingerprint density at radius 2 is 2.22 bits per heavy atom. The summed E-state index contributed by atoms with van der Waals surface area (Å²) >= 11 is 0. The summed E-state index contributed by atoms with van der Waals surface area (Å²) in [4.78, 5) is 2.59. The second-order valence-corrected chi connectivity index (χ2v) is 5.70. The number of nitrogens with zero attached hydrogens (tertiary/aromatic N) is 2. The maximum atomic E-state index is 10.0. The van der Waals surface area contributed by atoms with E-state index in [-0.39, 0.29) is 6.10 Å². The van der Waals surface area contributed by atoms with Gasteiger partial charge in [0.25, 0.3) is 0 Å². The molecule has 1 aliphatic carbocycles. The summed E-state index contributed by atoms with van der Waals surface area (Å²) in [6.45, 7) is 5.78. The number of rotatable bonds is 3. The van der Waals surface area contributed by atoms with E-state index in [4.69, 9.17) is 0 Å². The van der Waals surface area contributed by atoms with Crippen molar-refractivity contribution in [2.24, 2.45) is 0 Å². The number of hydrogen-bond donors (Lipinski definition) is 1. The highest BCUT2D eigenvalue weighted by Gasteiger charge is 2.26. The topological polar surface area (TPSA) is 28.4 Å². The molecule has 3 nitrogen and oxygen atoms in total. The van der Waals surface area contributed by atoms with Gasteiger partial charge in [-0.05, 0) is 51.3 Å². The molecule has 0 bridgehead atoms. The zero-order valence-corrected chi connectivity index (χ0v) is 11.3. The molecule has 18 heavy (non-hydrogen) atoms. The van der Waals surface area contributed by atoms with Crippen molar-refractivity contribution in [3.8, 4) is 0 Å². The zero-order valence-electron chi connectivity index (χ0n) is 11.3. The molecule has 2 atom stereocenters. The number of aliphatic hydroxyl groups is 1. The maximum absolute atomic E-state index is 10.0. The normalized spacial score (nSPS) is 28.6. The van der Waals surface area contributed by atoms with Crippen LogP contribution in [0.3, 0.4) is 0 Å². The Morgan fingerprint density at radius 1 is 1.33 bits per heavy atom. The van der Waals surface area contributed by atoms with Gasteiger partial charge >= 0.3 is 0 Å². The van der Waals surface area contributed by atoms with Crippen molar-refractivity contribution < 1.29 is 5.11 Å². The summed E-state index contributed by atoms with van der Waals surface area (Å²) in [6.07, 6.45) is 7.82. The number of likely N-dealkylation sites (N-methyl/N-ethyl adjacent to an activating group) is 1. The van der Waals surface area contributed by atoms with Crippen LogP contribution in [-0.2, 0) is 13.0 Å². The van der Waals surface area contributed by atoms with Crippen molar-refractivity contribution in [3.05, 3.63) is 23.5 Å². The quantitative estimate of drug-likeness (QED) is 0.889. The predicted molar refractivity (Wildman–Crippen MR) is 72.6 cm³/mol. The van der Waals surface area contributed by atoms with E-state index < -0.39 is 0 Å². The molecule has 0 radical (unpaired) electrons. The Hall–Kier alpha value is -0.800. The van der Waals surface area contributed by atoms with Crippen LogP contribution in [0.15, 0.2) is 12.3 Å². The molecule has 1 saturated heterocycles. The van der Waals surface area contributed by atoms with Crippen LogP contribution >= 0.6 is 0 Å². The van der Waals surface area contributed by atoms with E-state index in [1.807, 2.05) is 0 Å². The summed E-state index contributed by atoms with van der Waals surface area (Å²) in [5, 5.41) is 10.0. The third-order valence-electron chi connectivity index (χ3n) is 4.68. The van der Waals surface area contributed by atoms with Crippen molar-refractivity contribution >= 4 is 0 Å². The van der Waals surface area contributed by atoms with Gasteiger partial charge in [-0.25, -0.2) is 0 Å². The molecular weight excluding hydrogens is 224 g/mol. The van der Waals surface area contributed by atoms with E-state index in [0.717, 1.165) is 32.4 Å². The van der Waals surface area contributed by atoms with Gasteiger partial charge in [-0.1, -0.05) is 6.92 Å². The molecule has 2 aliphatic rings. The van der Waals surface area contributed by atoms with Crippen LogP contribution in [0.4, 0.5) is 0 Å². The lowest BCUT2D eigenvalue weighted by Gasteiger charge is -2.26. The van der Waals surface area contributed by atoms with E-state index in [9.17, 15) is 5.11 Å². The second kappa shape index (κ2) is 5.06. The third-order valence-corrected chi connectivity index (χ3v) is 4.68. The van der Waals surface area contributed by atoms with Crippen molar-refractivity contribution in [1.82, 2.24) is 9.47 Å². The minimum absolute atomic E-state index is 0.221. The van der Waals surface area contributed by atoms with Gasteiger partial charge in [-0.2, -0.15) is 0 Å². The number of fused-ring (bicyclic) bond motifs is 1. The van der Waals surface area contributed by atoms with Gasteiger partial charge < -0.3 is 9.67 Å². The molecule has 1 aromatic rings. The Balaban J connectivity index is 1.77. The fourth-order valence-electron chi connectivity index (χ4n) is 3.65. The molecule has 1 aromatic heterocycles. The van der Waals surface area contributed by atoms with E-state index in [1.54, 1.807) is 0 Å². The number of aromatic nitrogens is 1. The first-order valence-electron chi connectivity index (χ1n) is 7.39. The minimum atomic E-state index is -0.221. The molecule has 100 valence electrons. The Labute approximate surface area is 109 Å². The van der Waals surface area contributed by atoms with Crippen LogP contribution in [0.5, 0.6) is 0 Å². The highest BCUT2D eigenvalue weighted by molar-refractivity contribution is 5.27. The van der Waals surface area contributed by atoms with Gasteiger partial charge in [0.2, 0.25) is 0 Å². The van der Waals surface area contributed by atoms with Gasteiger partial charge in [-0.3, -0.25) is 4.90 Å².